The van der Waals surface area contributed by atoms with Gasteiger partial charge in [-0.3, -0.25) is 4.90 Å². The molecule has 1 aromatic carbocycles. The Kier molecular flexibility index (Phi) is 4.63. The molecule has 0 atom stereocenters. The van der Waals surface area contributed by atoms with E-state index in [0.717, 1.165) is 16.9 Å². The lowest BCUT2D eigenvalue weighted by Gasteiger charge is -2.34. The standard InChI is InChI=1S/C12H17BrClN/c1-12(2,9-13)15(3)8-10-4-6-11(14)7-5-10/h4-7H,8-9H2,1-3H3. The smallest absolute Gasteiger partial charge is 0.0406 e. The predicted octanol–water partition coefficient (Wildman–Crippen LogP) is 3.95. The molecule has 3 heteroatoms. The Morgan fingerprint density at radius 1 is 1.27 bits per heavy atom. The zero-order valence-electron chi connectivity index (χ0n) is 9.43. The minimum absolute atomic E-state index is 0.166. The second-order valence-electron chi connectivity index (χ2n) is 4.43. The fraction of sp³-hybridized carbons (Fsp3) is 0.500. The molecule has 1 aromatic rings. The molecule has 0 saturated heterocycles. The lowest BCUT2D eigenvalue weighted by molar-refractivity contribution is 0.173. The molecule has 0 bridgehead atoms. The van der Waals surface area contributed by atoms with E-state index in [1.54, 1.807) is 0 Å². The first kappa shape index (κ1) is 13.0. The molecule has 1 rings (SSSR count). The van der Waals surface area contributed by atoms with Crippen LogP contribution in [-0.4, -0.2) is 22.8 Å². The molecule has 0 amide bonds. The third-order valence-corrected chi connectivity index (χ3v) is 4.32. The summed E-state index contributed by atoms with van der Waals surface area (Å²) in [5.41, 5.74) is 1.45. The van der Waals surface area contributed by atoms with Crippen molar-refractivity contribution in [2.45, 2.75) is 25.9 Å². The summed E-state index contributed by atoms with van der Waals surface area (Å²) in [5.74, 6) is 0. The van der Waals surface area contributed by atoms with E-state index in [1.807, 2.05) is 12.1 Å². The van der Waals surface area contributed by atoms with Gasteiger partial charge >= 0.3 is 0 Å². The highest BCUT2D eigenvalue weighted by Crippen LogP contribution is 2.19. The van der Waals surface area contributed by atoms with Crippen molar-refractivity contribution in [1.29, 1.82) is 0 Å². The second kappa shape index (κ2) is 5.33. The van der Waals surface area contributed by atoms with E-state index in [4.69, 9.17) is 11.6 Å². The molecule has 84 valence electrons. The summed E-state index contributed by atoms with van der Waals surface area (Å²) in [4.78, 5) is 2.32. The highest BCUT2D eigenvalue weighted by Gasteiger charge is 2.21. The average Bonchev–Trinajstić information content (AvgIpc) is 2.21. The Bertz CT molecular complexity index is 308. The highest BCUT2D eigenvalue weighted by atomic mass is 79.9. The molecule has 0 aliphatic carbocycles. The molecule has 0 saturated carbocycles. The predicted molar refractivity (Wildman–Crippen MR) is 70.8 cm³/mol. The van der Waals surface area contributed by atoms with Gasteiger partial charge in [0.25, 0.3) is 0 Å². The van der Waals surface area contributed by atoms with Gasteiger partial charge in [-0.05, 0) is 38.6 Å². The maximum absolute atomic E-state index is 5.84. The fourth-order valence-corrected chi connectivity index (χ4v) is 1.73. The number of hydrogen-bond acceptors (Lipinski definition) is 1. The molecule has 0 N–H and O–H groups in total. The summed E-state index contributed by atoms with van der Waals surface area (Å²) in [6.07, 6.45) is 0. The number of hydrogen-bond donors (Lipinski definition) is 0. The summed E-state index contributed by atoms with van der Waals surface area (Å²) in [6, 6.07) is 8.02. The van der Waals surface area contributed by atoms with Crippen LogP contribution in [0.3, 0.4) is 0 Å². The van der Waals surface area contributed by atoms with Crippen LogP contribution in [0.4, 0.5) is 0 Å². The lowest BCUT2D eigenvalue weighted by Crippen LogP contribution is -2.41. The molecular weight excluding hydrogens is 273 g/mol. The van der Waals surface area contributed by atoms with Crippen molar-refractivity contribution in [3.05, 3.63) is 34.9 Å². The Morgan fingerprint density at radius 2 is 1.80 bits per heavy atom. The zero-order valence-corrected chi connectivity index (χ0v) is 11.8. The Labute approximate surface area is 106 Å². The van der Waals surface area contributed by atoms with Crippen LogP contribution < -0.4 is 0 Å². The summed E-state index contributed by atoms with van der Waals surface area (Å²) in [7, 11) is 2.13. The molecule has 0 unspecified atom stereocenters. The van der Waals surface area contributed by atoms with Gasteiger partial charge in [0.05, 0.1) is 0 Å². The normalized spacial score (nSPS) is 12.1. The number of alkyl halides is 1. The van der Waals surface area contributed by atoms with Crippen molar-refractivity contribution in [3.8, 4) is 0 Å². The molecule has 15 heavy (non-hydrogen) atoms. The summed E-state index contributed by atoms with van der Waals surface area (Å²) < 4.78 is 0. The van der Waals surface area contributed by atoms with Crippen LogP contribution in [0.1, 0.15) is 19.4 Å². The van der Waals surface area contributed by atoms with E-state index in [0.29, 0.717) is 0 Å². The first-order valence-electron chi connectivity index (χ1n) is 4.97. The van der Waals surface area contributed by atoms with Gasteiger partial charge in [0, 0.05) is 22.4 Å². The minimum Gasteiger partial charge on any atom is -0.296 e. The summed E-state index contributed by atoms with van der Waals surface area (Å²) in [5, 5.41) is 1.76. The van der Waals surface area contributed by atoms with Gasteiger partial charge in [-0.25, -0.2) is 0 Å². The van der Waals surface area contributed by atoms with Gasteiger partial charge in [-0.1, -0.05) is 39.7 Å². The van der Waals surface area contributed by atoms with Gasteiger partial charge < -0.3 is 0 Å². The van der Waals surface area contributed by atoms with E-state index in [9.17, 15) is 0 Å². The SMILES string of the molecule is CN(Cc1ccc(Cl)cc1)C(C)(C)CBr. The van der Waals surface area contributed by atoms with E-state index in [1.165, 1.54) is 5.56 Å². The van der Waals surface area contributed by atoms with Crippen molar-refractivity contribution >= 4 is 27.5 Å². The number of nitrogens with zero attached hydrogens (tertiary/aromatic N) is 1. The number of halogens is 2. The monoisotopic (exact) mass is 289 g/mol. The van der Waals surface area contributed by atoms with Crippen LogP contribution in [0.15, 0.2) is 24.3 Å². The van der Waals surface area contributed by atoms with Crippen LogP contribution in [0, 0.1) is 0 Å². The van der Waals surface area contributed by atoms with Gasteiger partial charge in [-0.2, -0.15) is 0 Å². The Morgan fingerprint density at radius 3 is 2.27 bits per heavy atom. The maximum Gasteiger partial charge on any atom is 0.0406 e. The van der Waals surface area contributed by atoms with Gasteiger partial charge in [-0.15, -0.1) is 0 Å². The third kappa shape index (κ3) is 3.78. The molecule has 1 nitrogen and oxygen atoms in total. The highest BCUT2D eigenvalue weighted by molar-refractivity contribution is 9.09. The van der Waals surface area contributed by atoms with E-state index in [2.05, 4.69) is 53.9 Å². The molecule has 0 spiro atoms. The van der Waals surface area contributed by atoms with E-state index in [-0.39, 0.29) is 5.54 Å². The molecular formula is C12H17BrClN. The molecule has 0 aliphatic rings. The van der Waals surface area contributed by atoms with Crippen molar-refractivity contribution in [1.82, 2.24) is 4.90 Å². The molecule has 0 aliphatic heterocycles. The molecule has 0 heterocycles. The third-order valence-electron chi connectivity index (χ3n) is 2.69. The second-order valence-corrected chi connectivity index (χ2v) is 5.43. The zero-order chi connectivity index (χ0) is 11.5. The first-order valence-corrected chi connectivity index (χ1v) is 6.47. The first-order chi connectivity index (χ1) is 6.95. The van der Waals surface area contributed by atoms with Gasteiger partial charge in [0.2, 0.25) is 0 Å². The van der Waals surface area contributed by atoms with Crippen LogP contribution in [0.2, 0.25) is 5.02 Å². The van der Waals surface area contributed by atoms with Crippen molar-refractivity contribution in [2.75, 3.05) is 12.4 Å². The van der Waals surface area contributed by atoms with Crippen LogP contribution in [0.25, 0.3) is 0 Å². The van der Waals surface area contributed by atoms with Crippen LogP contribution >= 0.6 is 27.5 Å². The van der Waals surface area contributed by atoms with Crippen molar-refractivity contribution in [3.63, 3.8) is 0 Å². The number of benzene rings is 1. The van der Waals surface area contributed by atoms with Crippen molar-refractivity contribution in [2.24, 2.45) is 0 Å². The average molecular weight is 291 g/mol. The minimum atomic E-state index is 0.166. The van der Waals surface area contributed by atoms with Gasteiger partial charge in [0.15, 0.2) is 0 Å². The van der Waals surface area contributed by atoms with Gasteiger partial charge in [0.1, 0.15) is 0 Å². The van der Waals surface area contributed by atoms with Crippen LogP contribution in [-0.2, 0) is 6.54 Å². The van der Waals surface area contributed by atoms with Crippen molar-refractivity contribution < 1.29 is 0 Å². The molecule has 0 radical (unpaired) electrons. The maximum atomic E-state index is 5.84. The molecule has 0 fully saturated rings. The number of rotatable bonds is 4. The fourth-order valence-electron chi connectivity index (χ4n) is 1.18. The summed E-state index contributed by atoms with van der Waals surface area (Å²) in [6.45, 7) is 5.38. The summed E-state index contributed by atoms with van der Waals surface area (Å²) >= 11 is 9.38. The Balaban J connectivity index is 2.66. The van der Waals surface area contributed by atoms with Crippen LogP contribution in [0.5, 0.6) is 0 Å². The molecule has 0 aromatic heterocycles. The lowest BCUT2D eigenvalue weighted by atomic mass is 10.1. The topological polar surface area (TPSA) is 3.24 Å². The Hall–Kier alpha value is -0.0500. The largest absolute Gasteiger partial charge is 0.296 e. The quantitative estimate of drug-likeness (QED) is 0.759. The van der Waals surface area contributed by atoms with E-state index >= 15 is 0 Å². The van der Waals surface area contributed by atoms with E-state index < -0.39 is 0 Å².